The van der Waals surface area contributed by atoms with Crippen LogP contribution in [0, 0.1) is 0 Å². The molecule has 1 atom stereocenters. The molecule has 0 aromatic carbocycles. The zero-order valence-corrected chi connectivity index (χ0v) is 9.43. The summed E-state index contributed by atoms with van der Waals surface area (Å²) in [4.78, 5) is 11.2. The average molecular weight is 213 g/mol. The van der Waals surface area contributed by atoms with E-state index in [2.05, 4.69) is 28.0 Å². The van der Waals surface area contributed by atoms with Gasteiger partial charge in [-0.2, -0.15) is 0 Å². The number of likely N-dealkylation sites (tertiary alicyclic amines) is 1. The number of pyridine rings is 2. The first kappa shape index (κ1) is 9.73. The summed E-state index contributed by atoms with van der Waals surface area (Å²) in [5, 5.41) is 0. The van der Waals surface area contributed by atoms with E-state index in [4.69, 9.17) is 0 Å². The van der Waals surface area contributed by atoms with Crippen molar-refractivity contribution in [3.05, 3.63) is 36.2 Å². The summed E-state index contributed by atoms with van der Waals surface area (Å²) < 4.78 is 0. The molecule has 1 fully saturated rings. The van der Waals surface area contributed by atoms with Gasteiger partial charge in [-0.05, 0) is 50.2 Å². The maximum Gasteiger partial charge on any atom is 0.0890 e. The zero-order chi connectivity index (χ0) is 11.0. The van der Waals surface area contributed by atoms with Crippen LogP contribution in [0.1, 0.15) is 24.4 Å². The topological polar surface area (TPSA) is 29.0 Å². The van der Waals surface area contributed by atoms with Crippen LogP contribution in [-0.2, 0) is 0 Å². The number of hydrogen-bond acceptors (Lipinski definition) is 3. The molecule has 0 unspecified atom stereocenters. The summed E-state index contributed by atoms with van der Waals surface area (Å²) in [6.07, 6.45) is 6.33. The zero-order valence-electron chi connectivity index (χ0n) is 9.43. The van der Waals surface area contributed by atoms with Gasteiger partial charge in [-0.15, -0.1) is 0 Å². The molecule has 2 aromatic heterocycles. The third-order valence-electron chi connectivity index (χ3n) is 3.38. The van der Waals surface area contributed by atoms with E-state index in [1.165, 1.54) is 24.9 Å². The SMILES string of the molecule is CN1CCC[C@H]1c1cnc2cccnc2c1. The fourth-order valence-corrected chi connectivity index (χ4v) is 2.48. The Morgan fingerprint density at radius 3 is 3.06 bits per heavy atom. The highest BCUT2D eigenvalue weighted by Gasteiger charge is 2.22. The van der Waals surface area contributed by atoms with Gasteiger partial charge in [-0.25, -0.2) is 0 Å². The Morgan fingerprint density at radius 1 is 1.31 bits per heavy atom. The Bertz CT molecular complexity index is 509. The van der Waals surface area contributed by atoms with E-state index in [9.17, 15) is 0 Å². The second-order valence-electron chi connectivity index (χ2n) is 4.45. The van der Waals surface area contributed by atoms with Gasteiger partial charge in [0.2, 0.25) is 0 Å². The first-order valence-corrected chi connectivity index (χ1v) is 5.75. The van der Waals surface area contributed by atoms with Crippen LogP contribution in [-0.4, -0.2) is 28.5 Å². The van der Waals surface area contributed by atoms with Gasteiger partial charge in [0.15, 0.2) is 0 Å². The second-order valence-corrected chi connectivity index (χ2v) is 4.45. The Kier molecular flexibility index (Phi) is 2.33. The average Bonchev–Trinajstić information content (AvgIpc) is 2.75. The van der Waals surface area contributed by atoms with Crippen molar-refractivity contribution < 1.29 is 0 Å². The minimum atomic E-state index is 0.527. The third-order valence-corrected chi connectivity index (χ3v) is 3.38. The van der Waals surface area contributed by atoms with Crippen LogP contribution in [0.25, 0.3) is 11.0 Å². The molecule has 2 aromatic rings. The number of nitrogens with zero attached hydrogens (tertiary/aromatic N) is 3. The highest BCUT2D eigenvalue weighted by Crippen LogP contribution is 2.30. The van der Waals surface area contributed by atoms with Crippen molar-refractivity contribution in [3.63, 3.8) is 0 Å². The van der Waals surface area contributed by atoms with Gasteiger partial charge >= 0.3 is 0 Å². The summed E-state index contributed by atoms with van der Waals surface area (Å²) in [5.41, 5.74) is 3.28. The second kappa shape index (κ2) is 3.83. The Hall–Kier alpha value is -1.48. The van der Waals surface area contributed by atoms with Crippen molar-refractivity contribution in [2.24, 2.45) is 0 Å². The van der Waals surface area contributed by atoms with E-state index in [1.54, 1.807) is 0 Å². The quantitative estimate of drug-likeness (QED) is 0.728. The van der Waals surface area contributed by atoms with Crippen LogP contribution >= 0.6 is 0 Å². The van der Waals surface area contributed by atoms with E-state index in [0.29, 0.717) is 6.04 Å². The molecule has 16 heavy (non-hydrogen) atoms. The van der Waals surface area contributed by atoms with Gasteiger partial charge in [0.1, 0.15) is 0 Å². The highest BCUT2D eigenvalue weighted by atomic mass is 15.1. The van der Waals surface area contributed by atoms with Crippen LogP contribution in [0.2, 0.25) is 0 Å². The summed E-state index contributed by atoms with van der Waals surface area (Å²) in [6, 6.07) is 6.63. The van der Waals surface area contributed by atoms with Crippen LogP contribution in [0.15, 0.2) is 30.6 Å². The highest BCUT2D eigenvalue weighted by molar-refractivity contribution is 5.74. The fraction of sp³-hybridized carbons (Fsp3) is 0.385. The van der Waals surface area contributed by atoms with Crippen LogP contribution in [0.5, 0.6) is 0 Å². The predicted octanol–water partition coefficient (Wildman–Crippen LogP) is 2.40. The summed E-state index contributed by atoms with van der Waals surface area (Å²) >= 11 is 0. The van der Waals surface area contributed by atoms with Gasteiger partial charge < -0.3 is 0 Å². The van der Waals surface area contributed by atoms with E-state index < -0.39 is 0 Å². The third kappa shape index (κ3) is 1.57. The number of hydrogen-bond donors (Lipinski definition) is 0. The number of aromatic nitrogens is 2. The molecule has 1 aliphatic rings. The van der Waals surface area contributed by atoms with Crippen molar-refractivity contribution in [3.8, 4) is 0 Å². The predicted molar refractivity (Wildman–Crippen MR) is 64.1 cm³/mol. The minimum absolute atomic E-state index is 0.527. The normalized spacial score (nSPS) is 21.7. The molecular formula is C13H15N3. The van der Waals surface area contributed by atoms with Gasteiger partial charge in [-0.3, -0.25) is 14.9 Å². The van der Waals surface area contributed by atoms with E-state index in [0.717, 1.165) is 11.0 Å². The first-order chi connectivity index (χ1) is 7.84. The Labute approximate surface area is 95.1 Å². The Morgan fingerprint density at radius 2 is 2.25 bits per heavy atom. The summed E-state index contributed by atoms with van der Waals surface area (Å²) in [6.45, 7) is 1.19. The van der Waals surface area contributed by atoms with Crippen molar-refractivity contribution in [1.82, 2.24) is 14.9 Å². The van der Waals surface area contributed by atoms with E-state index in [1.807, 2.05) is 24.5 Å². The van der Waals surface area contributed by atoms with E-state index in [-0.39, 0.29) is 0 Å². The van der Waals surface area contributed by atoms with Crippen molar-refractivity contribution in [2.45, 2.75) is 18.9 Å². The monoisotopic (exact) mass is 213 g/mol. The molecule has 3 heteroatoms. The molecule has 0 spiro atoms. The fourth-order valence-electron chi connectivity index (χ4n) is 2.48. The van der Waals surface area contributed by atoms with Crippen LogP contribution in [0.3, 0.4) is 0 Å². The van der Waals surface area contributed by atoms with Crippen LogP contribution < -0.4 is 0 Å². The van der Waals surface area contributed by atoms with Gasteiger partial charge in [0.25, 0.3) is 0 Å². The van der Waals surface area contributed by atoms with Gasteiger partial charge in [0, 0.05) is 18.4 Å². The molecule has 0 aliphatic carbocycles. The lowest BCUT2D eigenvalue weighted by atomic mass is 10.1. The van der Waals surface area contributed by atoms with Gasteiger partial charge in [0.05, 0.1) is 11.0 Å². The summed E-state index contributed by atoms with van der Waals surface area (Å²) in [5.74, 6) is 0. The molecule has 1 saturated heterocycles. The molecular weight excluding hydrogens is 198 g/mol. The molecule has 1 aliphatic heterocycles. The first-order valence-electron chi connectivity index (χ1n) is 5.75. The lowest BCUT2D eigenvalue weighted by molar-refractivity contribution is 0.317. The summed E-state index contributed by atoms with van der Waals surface area (Å²) in [7, 11) is 2.18. The minimum Gasteiger partial charge on any atom is -0.299 e. The molecule has 0 N–H and O–H groups in total. The largest absolute Gasteiger partial charge is 0.299 e. The lowest BCUT2D eigenvalue weighted by Crippen LogP contribution is -2.17. The number of fused-ring (bicyclic) bond motifs is 1. The van der Waals surface area contributed by atoms with Crippen molar-refractivity contribution >= 4 is 11.0 Å². The van der Waals surface area contributed by atoms with Crippen LogP contribution in [0.4, 0.5) is 0 Å². The smallest absolute Gasteiger partial charge is 0.0890 e. The standard InChI is InChI=1S/C13H15N3/c1-16-7-3-5-13(16)10-8-12-11(15-9-10)4-2-6-14-12/h2,4,6,8-9,13H,3,5,7H2,1H3/t13-/m0/s1. The molecule has 3 nitrogen and oxygen atoms in total. The maximum absolute atomic E-state index is 4.47. The van der Waals surface area contributed by atoms with Gasteiger partial charge in [-0.1, -0.05) is 0 Å². The van der Waals surface area contributed by atoms with E-state index >= 15 is 0 Å². The number of rotatable bonds is 1. The van der Waals surface area contributed by atoms with Crippen molar-refractivity contribution in [2.75, 3.05) is 13.6 Å². The molecule has 0 radical (unpaired) electrons. The molecule has 3 heterocycles. The molecule has 0 saturated carbocycles. The maximum atomic E-state index is 4.47. The molecule has 0 amide bonds. The lowest BCUT2D eigenvalue weighted by Gasteiger charge is -2.19. The molecule has 3 rings (SSSR count). The Balaban J connectivity index is 2.04. The molecule has 82 valence electrons. The molecule has 0 bridgehead atoms. The van der Waals surface area contributed by atoms with Crippen molar-refractivity contribution in [1.29, 1.82) is 0 Å².